The van der Waals surface area contributed by atoms with E-state index in [2.05, 4.69) is 58.8 Å². The monoisotopic (exact) mass is 295 g/mol. The number of benzene rings is 1. The maximum Gasteiger partial charge on any atom is 0.0617 e. The number of hydrogen-bond acceptors (Lipinski definition) is 2. The van der Waals surface area contributed by atoms with Crippen LogP contribution in [0.15, 0.2) is 53.9 Å². The van der Waals surface area contributed by atoms with E-state index in [1.807, 2.05) is 11.3 Å². The van der Waals surface area contributed by atoms with Crippen molar-refractivity contribution in [2.75, 3.05) is 6.54 Å². The predicted octanol–water partition coefficient (Wildman–Crippen LogP) is 4.80. The summed E-state index contributed by atoms with van der Waals surface area (Å²) in [5.74, 6) is 0. The fraction of sp³-hybridized carbons (Fsp3) is 0.368. The molecule has 1 aromatic carbocycles. The molecule has 1 aliphatic heterocycles. The van der Waals surface area contributed by atoms with Crippen LogP contribution in [0.1, 0.15) is 41.3 Å². The summed E-state index contributed by atoms with van der Waals surface area (Å²) in [5, 5.41) is 2.26. The molecule has 0 radical (unpaired) electrons. The topological polar surface area (TPSA) is 3.24 Å². The molecule has 108 valence electrons. The largest absolute Gasteiger partial charge is 0.285 e. The van der Waals surface area contributed by atoms with Crippen LogP contribution in [-0.2, 0) is 6.42 Å². The molecule has 0 saturated heterocycles. The fourth-order valence-electron chi connectivity index (χ4n) is 3.77. The maximum absolute atomic E-state index is 2.72. The Kier molecular flexibility index (Phi) is 3.66. The Morgan fingerprint density at radius 3 is 2.81 bits per heavy atom. The van der Waals surface area contributed by atoms with Crippen molar-refractivity contribution < 1.29 is 0 Å². The van der Waals surface area contributed by atoms with Gasteiger partial charge in [-0.1, -0.05) is 42.5 Å². The predicted molar refractivity (Wildman–Crippen MR) is 89.8 cm³/mol. The van der Waals surface area contributed by atoms with Gasteiger partial charge in [0.15, 0.2) is 0 Å². The van der Waals surface area contributed by atoms with Crippen LogP contribution in [0.25, 0.3) is 0 Å². The van der Waals surface area contributed by atoms with Gasteiger partial charge in [-0.05, 0) is 48.3 Å². The van der Waals surface area contributed by atoms with Gasteiger partial charge in [-0.15, -0.1) is 11.3 Å². The highest BCUT2D eigenvalue weighted by Gasteiger charge is 2.33. The summed E-state index contributed by atoms with van der Waals surface area (Å²) in [4.78, 5) is 4.31. The Morgan fingerprint density at radius 2 is 2.00 bits per heavy atom. The second-order valence-electron chi connectivity index (χ2n) is 6.03. The molecular weight excluding hydrogens is 274 g/mol. The van der Waals surface area contributed by atoms with Gasteiger partial charge in [0.2, 0.25) is 0 Å². The van der Waals surface area contributed by atoms with Crippen LogP contribution in [-0.4, -0.2) is 17.5 Å². The molecule has 0 fully saturated rings. The van der Waals surface area contributed by atoms with Crippen molar-refractivity contribution in [3.63, 3.8) is 0 Å². The molecule has 0 N–H and O–H groups in total. The Balaban J connectivity index is 1.76. The summed E-state index contributed by atoms with van der Waals surface area (Å²) in [6.45, 7) is 1.18. The average Bonchev–Trinajstić information content (AvgIpc) is 3.04. The quantitative estimate of drug-likeness (QED) is 0.719. The number of rotatable bonds is 2. The van der Waals surface area contributed by atoms with Crippen molar-refractivity contribution in [2.45, 2.75) is 37.8 Å². The molecule has 0 spiro atoms. The first-order valence-corrected chi connectivity index (χ1v) is 8.85. The van der Waals surface area contributed by atoms with Crippen molar-refractivity contribution in [3.05, 3.63) is 69.9 Å². The summed E-state index contributed by atoms with van der Waals surface area (Å²) in [5.41, 5.74) is 2.98. The van der Waals surface area contributed by atoms with E-state index in [1.165, 1.54) is 43.4 Å². The molecule has 1 nitrogen and oxygen atoms in total. The van der Waals surface area contributed by atoms with Gasteiger partial charge >= 0.3 is 0 Å². The Morgan fingerprint density at radius 1 is 1.10 bits per heavy atom. The number of hydrogen-bond donors (Lipinski definition) is 0. The van der Waals surface area contributed by atoms with Gasteiger partial charge in [-0.3, -0.25) is 4.90 Å². The maximum atomic E-state index is 2.72. The van der Waals surface area contributed by atoms with Crippen molar-refractivity contribution in [1.82, 2.24) is 4.90 Å². The first-order valence-electron chi connectivity index (χ1n) is 7.97. The van der Waals surface area contributed by atoms with E-state index >= 15 is 0 Å². The minimum Gasteiger partial charge on any atom is -0.285 e. The molecule has 0 saturated carbocycles. The third-order valence-electron chi connectivity index (χ3n) is 4.77. The van der Waals surface area contributed by atoms with Crippen LogP contribution in [0.3, 0.4) is 0 Å². The zero-order valence-electron chi connectivity index (χ0n) is 12.2. The van der Waals surface area contributed by atoms with E-state index < -0.39 is 0 Å². The lowest BCUT2D eigenvalue weighted by Gasteiger charge is -2.41. The van der Waals surface area contributed by atoms with E-state index in [-0.39, 0.29) is 0 Å². The van der Waals surface area contributed by atoms with Gasteiger partial charge in [0.25, 0.3) is 0 Å². The lowest BCUT2D eigenvalue weighted by atomic mass is 9.89. The van der Waals surface area contributed by atoms with E-state index in [9.17, 15) is 0 Å². The number of thiophene rings is 1. The second-order valence-corrected chi connectivity index (χ2v) is 7.03. The standard InChI is InChI=1S/C19H21NS/c1-3-7-15(8-4-1)19-17-12-14-21-18(17)11-13-20(19)16-9-5-2-6-10-16/h1,3-5,7-9,12,14,16,19H,2,6,10-11,13H2. The van der Waals surface area contributed by atoms with Crippen LogP contribution in [0.2, 0.25) is 0 Å². The van der Waals surface area contributed by atoms with Crippen LogP contribution in [0.5, 0.6) is 0 Å². The van der Waals surface area contributed by atoms with E-state index in [0.717, 1.165) is 0 Å². The lowest BCUT2D eigenvalue weighted by molar-refractivity contribution is 0.163. The molecule has 2 unspecified atom stereocenters. The molecule has 2 aromatic rings. The highest BCUT2D eigenvalue weighted by atomic mass is 32.1. The van der Waals surface area contributed by atoms with Crippen LogP contribution in [0.4, 0.5) is 0 Å². The Bertz CT molecular complexity index is 628. The summed E-state index contributed by atoms with van der Waals surface area (Å²) in [7, 11) is 0. The summed E-state index contributed by atoms with van der Waals surface area (Å²) in [6, 6.07) is 14.4. The van der Waals surface area contributed by atoms with Crippen LogP contribution in [0, 0.1) is 0 Å². The molecule has 1 aromatic heterocycles. The number of fused-ring (bicyclic) bond motifs is 1. The molecule has 0 amide bonds. The van der Waals surface area contributed by atoms with Crippen molar-refractivity contribution in [1.29, 1.82) is 0 Å². The van der Waals surface area contributed by atoms with E-state index in [1.54, 1.807) is 4.88 Å². The Labute approximate surface area is 130 Å². The van der Waals surface area contributed by atoms with Crippen LogP contribution < -0.4 is 0 Å². The zero-order chi connectivity index (χ0) is 14.1. The highest BCUT2D eigenvalue weighted by molar-refractivity contribution is 7.10. The molecular formula is C19H21NS. The third kappa shape index (κ3) is 2.47. The molecule has 1 aliphatic carbocycles. The molecule has 2 aliphatic rings. The fourth-order valence-corrected chi connectivity index (χ4v) is 4.67. The normalized spacial score (nSPS) is 25.7. The van der Waals surface area contributed by atoms with Gasteiger partial charge in [0, 0.05) is 17.5 Å². The SMILES string of the molecule is C1=CC(N2CCc3sccc3C2c2ccccc2)CCC1. The van der Waals surface area contributed by atoms with Gasteiger partial charge in [0.05, 0.1) is 6.04 Å². The van der Waals surface area contributed by atoms with E-state index in [4.69, 9.17) is 0 Å². The molecule has 0 bridgehead atoms. The minimum absolute atomic E-state index is 0.439. The first-order chi connectivity index (χ1) is 10.4. The van der Waals surface area contributed by atoms with Gasteiger partial charge in [0.1, 0.15) is 0 Å². The van der Waals surface area contributed by atoms with Crippen molar-refractivity contribution in [2.24, 2.45) is 0 Å². The summed E-state index contributed by atoms with van der Waals surface area (Å²) in [6.07, 6.45) is 9.91. The van der Waals surface area contributed by atoms with Gasteiger partial charge in [-0.25, -0.2) is 0 Å². The van der Waals surface area contributed by atoms with Gasteiger partial charge < -0.3 is 0 Å². The number of allylic oxidation sites excluding steroid dienone is 1. The average molecular weight is 295 g/mol. The molecule has 21 heavy (non-hydrogen) atoms. The highest BCUT2D eigenvalue weighted by Crippen LogP contribution is 2.40. The smallest absolute Gasteiger partial charge is 0.0617 e. The third-order valence-corrected chi connectivity index (χ3v) is 5.77. The van der Waals surface area contributed by atoms with Crippen molar-refractivity contribution in [3.8, 4) is 0 Å². The van der Waals surface area contributed by atoms with Gasteiger partial charge in [-0.2, -0.15) is 0 Å². The summed E-state index contributed by atoms with van der Waals surface area (Å²) >= 11 is 1.93. The lowest BCUT2D eigenvalue weighted by Crippen LogP contribution is -2.42. The Hall–Kier alpha value is -1.38. The zero-order valence-corrected chi connectivity index (χ0v) is 13.1. The van der Waals surface area contributed by atoms with Crippen LogP contribution >= 0.6 is 11.3 Å². The minimum atomic E-state index is 0.439. The number of nitrogens with zero attached hydrogens (tertiary/aromatic N) is 1. The molecule has 2 heteroatoms. The molecule has 2 atom stereocenters. The molecule has 2 heterocycles. The first kappa shape index (κ1) is 13.3. The second kappa shape index (κ2) is 5.78. The summed E-state index contributed by atoms with van der Waals surface area (Å²) < 4.78 is 0. The van der Waals surface area contributed by atoms with E-state index in [0.29, 0.717) is 12.1 Å². The van der Waals surface area contributed by atoms with Crippen molar-refractivity contribution >= 4 is 11.3 Å². The molecule has 4 rings (SSSR count).